The van der Waals surface area contributed by atoms with Gasteiger partial charge in [-0.1, -0.05) is 0 Å². The first-order chi connectivity index (χ1) is 12.2. The minimum absolute atomic E-state index is 0.0510. The van der Waals surface area contributed by atoms with Crippen molar-refractivity contribution < 1.29 is 9.53 Å². The average Bonchev–Trinajstić information content (AvgIpc) is 2.57. The molecule has 1 aromatic heterocycles. The van der Waals surface area contributed by atoms with E-state index in [0.717, 1.165) is 23.3 Å². The predicted octanol–water partition coefficient (Wildman–Crippen LogP) is 3.21. The van der Waals surface area contributed by atoms with Crippen LogP contribution >= 0.6 is 0 Å². The lowest BCUT2D eigenvalue weighted by Gasteiger charge is -2.57. The van der Waals surface area contributed by atoms with Crippen LogP contribution in [0.4, 0.5) is 4.79 Å². The van der Waals surface area contributed by atoms with E-state index in [1.165, 1.54) is 38.5 Å². The van der Waals surface area contributed by atoms with E-state index >= 15 is 0 Å². The summed E-state index contributed by atoms with van der Waals surface area (Å²) in [6.45, 7) is 1.76. The van der Waals surface area contributed by atoms with Gasteiger partial charge < -0.3 is 15.0 Å². The number of nitrogens with one attached hydrogen (secondary N) is 1. The molecule has 1 N–H and O–H groups in total. The molecule has 0 unspecified atom stereocenters. The van der Waals surface area contributed by atoms with E-state index in [0.29, 0.717) is 19.7 Å². The number of carbonyl (C=O) groups is 1. The molecule has 0 spiro atoms. The highest BCUT2D eigenvalue weighted by Crippen LogP contribution is 2.55. The van der Waals surface area contributed by atoms with Crippen molar-refractivity contribution in [1.82, 2.24) is 15.2 Å². The topological polar surface area (TPSA) is 54.5 Å². The van der Waals surface area contributed by atoms with Gasteiger partial charge in [0.25, 0.3) is 0 Å². The Kier molecular flexibility index (Phi) is 4.67. The van der Waals surface area contributed by atoms with Gasteiger partial charge in [0.15, 0.2) is 0 Å². The second-order valence-electron chi connectivity index (χ2n) is 8.40. The van der Waals surface area contributed by atoms with Gasteiger partial charge in [-0.05, 0) is 74.0 Å². The predicted molar refractivity (Wildman–Crippen MR) is 96.0 cm³/mol. The molecular formula is C20H29N3O2. The van der Waals surface area contributed by atoms with Crippen molar-refractivity contribution >= 4 is 6.03 Å². The molecule has 0 aromatic carbocycles. The molecule has 4 saturated carbocycles. The Hall–Kier alpha value is -1.62. The summed E-state index contributed by atoms with van der Waals surface area (Å²) in [6.07, 6.45) is 11.3. The molecule has 1 heterocycles. The lowest BCUT2D eigenvalue weighted by atomic mass is 9.53. The first-order valence-corrected chi connectivity index (χ1v) is 9.61. The Morgan fingerprint density at radius 3 is 2.36 bits per heavy atom. The molecule has 4 aliphatic carbocycles. The van der Waals surface area contributed by atoms with Crippen LogP contribution in [0.25, 0.3) is 0 Å². The number of methoxy groups -OCH3 is 1. The van der Waals surface area contributed by atoms with Crippen molar-refractivity contribution in [3.8, 4) is 0 Å². The van der Waals surface area contributed by atoms with Crippen LogP contribution in [-0.2, 0) is 11.3 Å². The summed E-state index contributed by atoms with van der Waals surface area (Å²) in [6, 6.07) is 4.01. The maximum atomic E-state index is 13.1. The largest absolute Gasteiger partial charge is 0.383 e. The fourth-order valence-corrected chi connectivity index (χ4v) is 5.73. The van der Waals surface area contributed by atoms with Gasteiger partial charge >= 0.3 is 6.03 Å². The molecule has 0 aliphatic heterocycles. The third kappa shape index (κ3) is 3.66. The first-order valence-electron chi connectivity index (χ1n) is 9.61. The minimum atomic E-state index is 0.0510. The van der Waals surface area contributed by atoms with Crippen LogP contribution in [0, 0.1) is 17.8 Å². The highest BCUT2D eigenvalue weighted by Gasteiger charge is 2.51. The first kappa shape index (κ1) is 16.8. The van der Waals surface area contributed by atoms with Crippen LogP contribution < -0.4 is 5.32 Å². The molecule has 2 amide bonds. The van der Waals surface area contributed by atoms with Crippen LogP contribution in [0.3, 0.4) is 0 Å². The van der Waals surface area contributed by atoms with Gasteiger partial charge in [0.2, 0.25) is 0 Å². The molecule has 136 valence electrons. The fraction of sp³-hybridized carbons (Fsp3) is 0.700. The smallest absolute Gasteiger partial charge is 0.318 e. The van der Waals surface area contributed by atoms with E-state index < -0.39 is 0 Å². The van der Waals surface area contributed by atoms with Gasteiger partial charge in [0.05, 0.1) is 6.61 Å². The standard InChI is InChI=1S/C20H29N3O2/c1-25-7-6-23(14-15-2-4-21-5-3-15)19(24)22-20-11-16-8-17(12-20)10-18(9-16)13-20/h2-5,16-18H,6-14H2,1H3,(H,22,24). The van der Waals surface area contributed by atoms with E-state index in [1.807, 2.05) is 17.0 Å². The van der Waals surface area contributed by atoms with E-state index in [1.54, 1.807) is 19.5 Å². The van der Waals surface area contributed by atoms with Crippen LogP contribution in [0.5, 0.6) is 0 Å². The number of amides is 2. The number of carbonyl (C=O) groups excluding carboxylic acids is 1. The summed E-state index contributed by atoms with van der Waals surface area (Å²) in [5.41, 5.74) is 1.15. The highest BCUT2D eigenvalue weighted by atomic mass is 16.5. The summed E-state index contributed by atoms with van der Waals surface area (Å²) in [5, 5.41) is 3.47. The van der Waals surface area contributed by atoms with Gasteiger partial charge in [-0.15, -0.1) is 0 Å². The van der Waals surface area contributed by atoms with Crippen LogP contribution in [-0.4, -0.2) is 41.7 Å². The van der Waals surface area contributed by atoms with Crippen molar-refractivity contribution in [1.29, 1.82) is 0 Å². The second kappa shape index (κ2) is 6.94. The highest BCUT2D eigenvalue weighted by molar-refractivity contribution is 5.75. The van der Waals surface area contributed by atoms with E-state index in [9.17, 15) is 4.79 Å². The van der Waals surface area contributed by atoms with Crippen LogP contribution in [0.15, 0.2) is 24.5 Å². The maximum absolute atomic E-state index is 13.1. The third-order valence-electron chi connectivity index (χ3n) is 6.39. The lowest BCUT2D eigenvalue weighted by Crippen LogP contribution is -2.62. The van der Waals surface area contributed by atoms with Crippen LogP contribution in [0.1, 0.15) is 44.1 Å². The van der Waals surface area contributed by atoms with Crippen molar-refractivity contribution in [3.05, 3.63) is 30.1 Å². The summed E-state index contributed by atoms with van der Waals surface area (Å²) < 4.78 is 5.22. The van der Waals surface area contributed by atoms with Gasteiger partial charge in [0.1, 0.15) is 0 Å². The number of rotatable bonds is 6. The normalized spacial score (nSPS) is 32.6. The molecule has 4 fully saturated rings. The van der Waals surface area contributed by atoms with Gasteiger partial charge in [-0.2, -0.15) is 0 Å². The van der Waals surface area contributed by atoms with Crippen molar-refractivity contribution in [2.45, 2.75) is 50.6 Å². The molecule has 5 nitrogen and oxygen atoms in total. The van der Waals surface area contributed by atoms with Crippen molar-refractivity contribution in [3.63, 3.8) is 0 Å². The number of urea groups is 1. The third-order valence-corrected chi connectivity index (χ3v) is 6.39. The number of hydrogen-bond acceptors (Lipinski definition) is 3. The molecular weight excluding hydrogens is 314 g/mol. The van der Waals surface area contributed by atoms with E-state index in [4.69, 9.17) is 4.74 Å². The number of pyridine rings is 1. The SMILES string of the molecule is COCCN(Cc1ccncc1)C(=O)NC12CC3CC(CC(C3)C1)C2. The van der Waals surface area contributed by atoms with Gasteiger partial charge in [-0.3, -0.25) is 4.98 Å². The number of hydrogen-bond donors (Lipinski definition) is 1. The molecule has 25 heavy (non-hydrogen) atoms. The zero-order valence-electron chi connectivity index (χ0n) is 15.1. The summed E-state index contributed by atoms with van der Waals surface area (Å²) in [7, 11) is 1.68. The molecule has 5 rings (SSSR count). The molecule has 0 saturated heterocycles. The summed E-state index contributed by atoms with van der Waals surface area (Å²) in [4.78, 5) is 19.0. The Morgan fingerprint density at radius 1 is 1.20 bits per heavy atom. The van der Waals surface area contributed by atoms with Gasteiger partial charge in [0, 0.05) is 38.1 Å². The van der Waals surface area contributed by atoms with E-state index in [-0.39, 0.29) is 11.6 Å². The molecule has 0 radical (unpaired) electrons. The average molecular weight is 343 g/mol. The second-order valence-corrected chi connectivity index (χ2v) is 8.40. The molecule has 5 heteroatoms. The molecule has 0 atom stereocenters. The Balaban J connectivity index is 1.45. The Bertz CT molecular complexity index is 569. The van der Waals surface area contributed by atoms with Crippen molar-refractivity contribution in [2.75, 3.05) is 20.3 Å². The quantitative estimate of drug-likeness (QED) is 0.863. The summed E-state index contributed by atoms with van der Waals surface area (Å²) in [5.74, 6) is 2.50. The monoisotopic (exact) mass is 343 g/mol. The Morgan fingerprint density at radius 2 is 1.80 bits per heavy atom. The molecule has 4 bridgehead atoms. The maximum Gasteiger partial charge on any atom is 0.318 e. The molecule has 4 aliphatic rings. The zero-order chi connectivity index (χ0) is 17.3. The number of ether oxygens (including phenoxy) is 1. The lowest BCUT2D eigenvalue weighted by molar-refractivity contribution is -0.0161. The molecule has 1 aromatic rings. The number of nitrogens with zero attached hydrogens (tertiary/aromatic N) is 2. The van der Waals surface area contributed by atoms with E-state index in [2.05, 4.69) is 10.3 Å². The Labute approximate surface area is 150 Å². The zero-order valence-corrected chi connectivity index (χ0v) is 15.1. The fourth-order valence-electron chi connectivity index (χ4n) is 5.73. The van der Waals surface area contributed by atoms with Crippen molar-refractivity contribution in [2.24, 2.45) is 17.8 Å². The minimum Gasteiger partial charge on any atom is -0.383 e. The summed E-state index contributed by atoms with van der Waals surface area (Å²) >= 11 is 0. The van der Waals surface area contributed by atoms with Gasteiger partial charge in [-0.25, -0.2) is 4.79 Å². The number of aromatic nitrogens is 1. The van der Waals surface area contributed by atoms with Crippen LogP contribution in [0.2, 0.25) is 0 Å².